The molecule has 1 aliphatic carbocycles. The van der Waals surface area contributed by atoms with E-state index in [1.165, 1.54) is 28.9 Å². The van der Waals surface area contributed by atoms with Gasteiger partial charge in [0.1, 0.15) is 6.61 Å². The van der Waals surface area contributed by atoms with Gasteiger partial charge in [0.05, 0.1) is 5.56 Å². The van der Waals surface area contributed by atoms with Crippen molar-refractivity contribution in [3.05, 3.63) is 52.9 Å². The Morgan fingerprint density at radius 2 is 2.00 bits per heavy atom. The molecule has 156 valence electrons. The number of nitrogens with one attached hydrogen (secondary N) is 1. The number of aliphatic hydroxyl groups is 1. The molecule has 7 nitrogen and oxygen atoms in total. The molecule has 0 amide bonds. The Bertz CT molecular complexity index is 1080. The van der Waals surface area contributed by atoms with Crippen LogP contribution in [0.1, 0.15) is 15.9 Å². The highest BCUT2D eigenvalue weighted by atomic mass is 35.5. The Kier molecular flexibility index (Phi) is 4.97. The summed E-state index contributed by atoms with van der Waals surface area (Å²) in [6.07, 6.45) is 5.17. The predicted molar refractivity (Wildman–Crippen MR) is 116 cm³/mol. The van der Waals surface area contributed by atoms with E-state index in [9.17, 15) is 4.79 Å². The van der Waals surface area contributed by atoms with Crippen molar-refractivity contribution in [1.82, 2.24) is 19.9 Å². The molecule has 2 unspecified atom stereocenters. The summed E-state index contributed by atoms with van der Waals surface area (Å²) in [5, 5.41) is 14.5. The van der Waals surface area contributed by atoms with Crippen molar-refractivity contribution in [1.29, 1.82) is 0 Å². The molecule has 0 bridgehead atoms. The number of halogens is 1. The number of aromatic nitrogens is 3. The number of fused-ring (bicyclic) bond motifs is 2. The molecule has 2 fully saturated rings. The van der Waals surface area contributed by atoms with Crippen LogP contribution in [0.4, 0.5) is 5.95 Å². The Labute approximate surface area is 179 Å². The van der Waals surface area contributed by atoms with E-state index in [-0.39, 0.29) is 5.78 Å². The average Bonchev–Trinajstić information content (AvgIpc) is 3.08. The molecule has 1 saturated carbocycles. The Morgan fingerprint density at radius 3 is 2.70 bits per heavy atom. The summed E-state index contributed by atoms with van der Waals surface area (Å²) >= 11 is 6.18. The molecule has 3 aromatic rings. The van der Waals surface area contributed by atoms with Crippen LogP contribution >= 0.6 is 11.6 Å². The van der Waals surface area contributed by atoms with E-state index in [1.807, 2.05) is 12.1 Å². The van der Waals surface area contributed by atoms with E-state index >= 15 is 0 Å². The SMILES string of the molecule is Cn1cc(CNCC2C3CN(c4ncc(C(=O)CO)cn4)CC23)c2cc(Cl)ccc21. The van der Waals surface area contributed by atoms with Gasteiger partial charge >= 0.3 is 0 Å². The van der Waals surface area contributed by atoms with Crippen LogP contribution in [0.2, 0.25) is 5.02 Å². The van der Waals surface area contributed by atoms with Gasteiger partial charge < -0.3 is 19.9 Å². The molecule has 5 rings (SSSR count). The zero-order valence-electron chi connectivity index (χ0n) is 16.8. The summed E-state index contributed by atoms with van der Waals surface area (Å²) in [4.78, 5) is 22.3. The number of Topliss-reactive ketones (excluding diaryl/α,β-unsaturated/α-hetero) is 1. The Hall–Kier alpha value is -2.48. The largest absolute Gasteiger partial charge is 0.388 e. The number of hydrogen-bond donors (Lipinski definition) is 2. The van der Waals surface area contributed by atoms with E-state index in [0.717, 1.165) is 31.2 Å². The predicted octanol–water partition coefficient (Wildman–Crippen LogP) is 2.27. The van der Waals surface area contributed by atoms with Gasteiger partial charge in [0.15, 0.2) is 5.78 Å². The molecule has 2 N–H and O–H groups in total. The molecule has 2 aliphatic rings. The standard InChI is InChI=1S/C22H24ClN5O2/c1-27-9-14(16-4-15(23)2-3-20(16)27)5-24-8-17-18-10-28(11-19(17)18)22-25-6-13(7-26-22)21(30)12-29/h2-4,6-7,9,17-19,24,29H,5,8,10-12H2,1H3. The van der Waals surface area contributed by atoms with Crippen LogP contribution in [0.25, 0.3) is 10.9 Å². The first-order valence-electron chi connectivity index (χ1n) is 10.2. The van der Waals surface area contributed by atoms with Gasteiger partial charge in [0.25, 0.3) is 0 Å². The van der Waals surface area contributed by atoms with Gasteiger partial charge in [-0.2, -0.15) is 0 Å². The highest BCUT2D eigenvalue weighted by Crippen LogP contribution is 2.51. The molecule has 1 aromatic carbocycles. The van der Waals surface area contributed by atoms with Crippen LogP contribution in [0.15, 0.2) is 36.8 Å². The molecule has 8 heteroatoms. The maximum absolute atomic E-state index is 11.5. The van der Waals surface area contributed by atoms with E-state index in [1.54, 1.807) is 0 Å². The zero-order chi connectivity index (χ0) is 20.8. The highest BCUT2D eigenvalue weighted by molar-refractivity contribution is 6.31. The number of nitrogens with zero attached hydrogens (tertiary/aromatic N) is 4. The number of carbonyl (C=O) groups excluding carboxylic acids is 1. The van der Waals surface area contributed by atoms with Crippen LogP contribution in [-0.4, -0.2) is 51.7 Å². The van der Waals surface area contributed by atoms with Crippen LogP contribution in [0.5, 0.6) is 0 Å². The molecule has 1 aliphatic heterocycles. The average molecular weight is 426 g/mol. The van der Waals surface area contributed by atoms with Crippen molar-refractivity contribution in [2.45, 2.75) is 6.54 Å². The third-order valence-corrected chi connectivity index (χ3v) is 6.72. The topological polar surface area (TPSA) is 83.3 Å². The van der Waals surface area contributed by atoms with E-state index in [0.29, 0.717) is 29.3 Å². The van der Waals surface area contributed by atoms with Crippen LogP contribution in [-0.2, 0) is 13.6 Å². The van der Waals surface area contributed by atoms with Crippen molar-refractivity contribution < 1.29 is 9.90 Å². The van der Waals surface area contributed by atoms with Gasteiger partial charge in [-0.3, -0.25) is 4.79 Å². The highest BCUT2D eigenvalue weighted by Gasteiger charge is 2.55. The lowest BCUT2D eigenvalue weighted by atomic mass is 10.1. The second-order valence-electron chi connectivity index (χ2n) is 8.31. The maximum Gasteiger partial charge on any atom is 0.225 e. The van der Waals surface area contributed by atoms with Gasteiger partial charge in [-0.25, -0.2) is 9.97 Å². The Morgan fingerprint density at radius 1 is 1.27 bits per heavy atom. The van der Waals surface area contributed by atoms with Gasteiger partial charge in [-0.1, -0.05) is 11.6 Å². The number of aliphatic hydroxyl groups excluding tert-OH is 1. The smallest absolute Gasteiger partial charge is 0.225 e. The molecule has 0 radical (unpaired) electrons. The number of ketones is 1. The fourth-order valence-corrected chi connectivity index (χ4v) is 4.97. The van der Waals surface area contributed by atoms with Crippen molar-refractivity contribution >= 4 is 34.2 Å². The van der Waals surface area contributed by atoms with Crippen LogP contribution < -0.4 is 10.2 Å². The van der Waals surface area contributed by atoms with Crippen LogP contribution in [0, 0.1) is 17.8 Å². The van der Waals surface area contributed by atoms with E-state index in [4.69, 9.17) is 16.7 Å². The minimum atomic E-state index is -0.517. The van der Waals surface area contributed by atoms with Gasteiger partial charge in [-0.05, 0) is 48.1 Å². The first kappa shape index (κ1) is 19.5. The summed E-state index contributed by atoms with van der Waals surface area (Å²) in [6.45, 7) is 3.23. The third kappa shape index (κ3) is 3.47. The fourth-order valence-electron chi connectivity index (χ4n) is 4.80. The van der Waals surface area contributed by atoms with Gasteiger partial charge in [0, 0.05) is 61.2 Å². The molecule has 3 heterocycles. The van der Waals surface area contributed by atoms with Crippen LogP contribution in [0.3, 0.4) is 0 Å². The lowest BCUT2D eigenvalue weighted by Gasteiger charge is -2.19. The number of benzene rings is 1. The third-order valence-electron chi connectivity index (χ3n) is 6.49. The summed E-state index contributed by atoms with van der Waals surface area (Å²) in [5.74, 6) is 2.33. The summed E-state index contributed by atoms with van der Waals surface area (Å²) < 4.78 is 2.14. The first-order chi connectivity index (χ1) is 14.5. The number of aryl methyl sites for hydroxylation is 1. The normalized spacial score (nSPS) is 22.5. The van der Waals surface area contributed by atoms with Gasteiger partial charge in [0.2, 0.25) is 5.95 Å². The quantitative estimate of drug-likeness (QED) is 0.565. The number of carbonyl (C=O) groups is 1. The van der Waals surface area contributed by atoms with Crippen molar-refractivity contribution in [3.63, 3.8) is 0 Å². The maximum atomic E-state index is 11.5. The molecule has 2 atom stereocenters. The van der Waals surface area contributed by atoms with Crippen molar-refractivity contribution in [2.24, 2.45) is 24.8 Å². The summed E-state index contributed by atoms with van der Waals surface area (Å²) in [6, 6.07) is 6.03. The Balaban J connectivity index is 1.14. The molecule has 30 heavy (non-hydrogen) atoms. The number of piperidine rings is 1. The molecule has 2 aromatic heterocycles. The lowest BCUT2D eigenvalue weighted by Crippen LogP contribution is -2.29. The van der Waals surface area contributed by atoms with Crippen molar-refractivity contribution in [2.75, 3.05) is 31.1 Å². The molecule has 0 spiro atoms. The molecular weight excluding hydrogens is 402 g/mol. The number of rotatable bonds is 7. The molecular formula is C22H24ClN5O2. The van der Waals surface area contributed by atoms with Gasteiger partial charge in [-0.15, -0.1) is 0 Å². The first-order valence-corrected chi connectivity index (χ1v) is 10.6. The number of hydrogen-bond acceptors (Lipinski definition) is 6. The second-order valence-corrected chi connectivity index (χ2v) is 8.74. The van der Waals surface area contributed by atoms with Crippen molar-refractivity contribution in [3.8, 4) is 0 Å². The fraction of sp³-hybridized carbons (Fsp3) is 0.409. The minimum absolute atomic E-state index is 0.349. The summed E-state index contributed by atoms with van der Waals surface area (Å²) in [5.41, 5.74) is 2.82. The minimum Gasteiger partial charge on any atom is -0.388 e. The van der Waals surface area contributed by atoms with E-state index < -0.39 is 6.61 Å². The lowest BCUT2D eigenvalue weighted by molar-refractivity contribution is 0.0903. The second kappa shape index (κ2) is 7.65. The monoisotopic (exact) mass is 425 g/mol. The molecule has 1 saturated heterocycles. The van der Waals surface area contributed by atoms with E-state index in [2.05, 4.69) is 44.1 Å². The number of anilines is 1. The summed E-state index contributed by atoms with van der Waals surface area (Å²) in [7, 11) is 2.06. The zero-order valence-corrected chi connectivity index (χ0v) is 17.5.